The van der Waals surface area contributed by atoms with E-state index in [1.54, 1.807) is 6.07 Å². The molecule has 2 N–H and O–H groups in total. The van der Waals surface area contributed by atoms with E-state index in [2.05, 4.69) is 17.2 Å². The molecule has 1 unspecified atom stereocenters. The van der Waals surface area contributed by atoms with Crippen LogP contribution in [0.25, 0.3) is 0 Å². The maximum Gasteiger partial charge on any atom is 0.354 e. The first kappa shape index (κ1) is 12.0. The summed E-state index contributed by atoms with van der Waals surface area (Å²) in [4.78, 5) is 14.9. The first-order valence-electron chi connectivity index (χ1n) is 6.09. The molecule has 0 radical (unpaired) electrons. The lowest BCUT2D eigenvalue weighted by Gasteiger charge is -2.32. The van der Waals surface area contributed by atoms with E-state index >= 15 is 0 Å². The number of hydrogen-bond donors (Lipinski definition) is 2. The Morgan fingerprint density at radius 2 is 2.35 bits per heavy atom. The number of aromatic nitrogens is 1. The van der Waals surface area contributed by atoms with Gasteiger partial charge in [-0.2, -0.15) is 0 Å². The van der Waals surface area contributed by atoms with Gasteiger partial charge in [-0.15, -0.1) is 0 Å². The smallest absolute Gasteiger partial charge is 0.354 e. The molecule has 17 heavy (non-hydrogen) atoms. The van der Waals surface area contributed by atoms with Crippen molar-refractivity contribution in [1.29, 1.82) is 0 Å². The van der Waals surface area contributed by atoms with E-state index < -0.39 is 5.97 Å². The minimum Gasteiger partial charge on any atom is -0.477 e. The predicted molar refractivity (Wildman–Crippen MR) is 64.8 cm³/mol. The van der Waals surface area contributed by atoms with Gasteiger partial charge in [0.25, 0.3) is 0 Å². The minimum absolute atomic E-state index is 0.112. The zero-order valence-electron chi connectivity index (χ0n) is 10.0. The number of carboxylic acid groups (broad SMARTS) is 1. The number of carbonyl (C=O) groups is 1. The number of rotatable bonds is 5. The van der Waals surface area contributed by atoms with E-state index in [1.807, 2.05) is 6.07 Å². The number of nitrogens with one attached hydrogen (secondary N) is 1. The molecule has 0 spiro atoms. The van der Waals surface area contributed by atoms with Crippen molar-refractivity contribution in [1.82, 2.24) is 10.3 Å². The molecule has 1 heterocycles. The lowest BCUT2D eigenvalue weighted by Crippen LogP contribution is -2.36. The molecule has 0 aliphatic heterocycles. The average Bonchev–Trinajstić information content (AvgIpc) is 2.24. The second-order valence-corrected chi connectivity index (χ2v) is 4.68. The Morgan fingerprint density at radius 3 is 2.94 bits per heavy atom. The van der Waals surface area contributed by atoms with E-state index in [1.165, 1.54) is 25.3 Å². The lowest BCUT2D eigenvalue weighted by molar-refractivity contribution is 0.0690. The molecule has 0 saturated heterocycles. The highest BCUT2D eigenvalue weighted by Gasteiger charge is 2.23. The fraction of sp³-hybridized carbons (Fsp3) is 0.538. The Balaban J connectivity index is 1.89. The average molecular weight is 234 g/mol. The van der Waals surface area contributed by atoms with E-state index in [4.69, 9.17) is 5.11 Å². The van der Waals surface area contributed by atoms with Crippen molar-refractivity contribution in [2.75, 3.05) is 0 Å². The van der Waals surface area contributed by atoms with Gasteiger partial charge in [0, 0.05) is 12.6 Å². The Kier molecular flexibility index (Phi) is 3.74. The van der Waals surface area contributed by atoms with Gasteiger partial charge in [0.15, 0.2) is 0 Å². The van der Waals surface area contributed by atoms with Crippen LogP contribution in [0, 0.1) is 5.92 Å². The van der Waals surface area contributed by atoms with Gasteiger partial charge in [-0.25, -0.2) is 9.78 Å². The van der Waals surface area contributed by atoms with Crippen LogP contribution in [0.15, 0.2) is 18.2 Å². The van der Waals surface area contributed by atoms with Crippen molar-refractivity contribution in [2.45, 2.75) is 38.8 Å². The lowest BCUT2D eigenvalue weighted by atomic mass is 9.80. The third-order valence-electron chi connectivity index (χ3n) is 3.49. The monoisotopic (exact) mass is 234 g/mol. The number of pyridine rings is 1. The molecule has 2 rings (SSSR count). The Morgan fingerprint density at radius 1 is 1.59 bits per heavy atom. The Hall–Kier alpha value is -1.42. The first-order valence-corrected chi connectivity index (χ1v) is 6.09. The Bertz CT molecular complexity index is 402. The SMILES string of the molecule is CC(NCc1cccc(C(=O)O)n1)C1CCC1. The van der Waals surface area contributed by atoms with Crippen LogP contribution in [-0.4, -0.2) is 22.1 Å². The topological polar surface area (TPSA) is 62.2 Å². The van der Waals surface area contributed by atoms with E-state index in [9.17, 15) is 4.79 Å². The van der Waals surface area contributed by atoms with Crippen molar-refractivity contribution in [3.05, 3.63) is 29.6 Å². The number of carboxylic acids is 1. The van der Waals surface area contributed by atoms with Gasteiger partial charge in [0.2, 0.25) is 0 Å². The molecule has 4 nitrogen and oxygen atoms in total. The van der Waals surface area contributed by atoms with Crippen molar-refractivity contribution in [3.8, 4) is 0 Å². The van der Waals surface area contributed by atoms with Crippen LogP contribution in [0.4, 0.5) is 0 Å². The summed E-state index contributed by atoms with van der Waals surface area (Å²) >= 11 is 0. The second kappa shape index (κ2) is 5.27. The highest BCUT2D eigenvalue weighted by molar-refractivity contribution is 5.85. The third kappa shape index (κ3) is 3.03. The van der Waals surface area contributed by atoms with Gasteiger partial charge in [-0.1, -0.05) is 12.5 Å². The largest absolute Gasteiger partial charge is 0.477 e. The van der Waals surface area contributed by atoms with Gasteiger partial charge in [-0.3, -0.25) is 0 Å². The molecule has 1 aliphatic rings. The van der Waals surface area contributed by atoms with Crippen molar-refractivity contribution >= 4 is 5.97 Å². The van der Waals surface area contributed by atoms with Crippen molar-refractivity contribution < 1.29 is 9.90 Å². The zero-order chi connectivity index (χ0) is 12.3. The summed E-state index contributed by atoms with van der Waals surface area (Å²) in [5.74, 6) is -0.198. The fourth-order valence-corrected chi connectivity index (χ4v) is 2.07. The summed E-state index contributed by atoms with van der Waals surface area (Å²) in [5.41, 5.74) is 0.900. The minimum atomic E-state index is -0.973. The highest BCUT2D eigenvalue weighted by Crippen LogP contribution is 2.29. The zero-order valence-corrected chi connectivity index (χ0v) is 10.0. The van der Waals surface area contributed by atoms with E-state index in [-0.39, 0.29) is 5.69 Å². The first-order chi connectivity index (χ1) is 8.16. The summed E-state index contributed by atoms with van der Waals surface area (Å²) in [7, 11) is 0. The number of nitrogens with zero attached hydrogens (tertiary/aromatic N) is 1. The molecule has 1 aromatic rings. The van der Waals surface area contributed by atoms with Crippen LogP contribution >= 0.6 is 0 Å². The van der Waals surface area contributed by atoms with Crippen LogP contribution in [0.3, 0.4) is 0 Å². The van der Waals surface area contributed by atoms with Gasteiger partial charge >= 0.3 is 5.97 Å². The fourth-order valence-electron chi connectivity index (χ4n) is 2.07. The Labute approximate surface area is 101 Å². The maximum absolute atomic E-state index is 10.8. The van der Waals surface area contributed by atoms with Crippen molar-refractivity contribution in [2.24, 2.45) is 5.92 Å². The molecule has 92 valence electrons. The predicted octanol–water partition coefficient (Wildman–Crippen LogP) is 2.06. The normalized spacial score (nSPS) is 17.5. The van der Waals surface area contributed by atoms with Gasteiger partial charge in [0.1, 0.15) is 5.69 Å². The van der Waals surface area contributed by atoms with Gasteiger partial charge in [-0.05, 0) is 37.8 Å². The molecule has 0 bridgehead atoms. The van der Waals surface area contributed by atoms with Crippen LogP contribution in [-0.2, 0) is 6.54 Å². The quantitative estimate of drug-likeness (QED) is 0.818. The molecular formula is C13H18N2O2. The van der Waals surface area contributed by atoms with Crippen molar-refractivity contribution in [3.63, 3.8) is 0 Å². The molecule has 1 saturated carbocycles. The van der Waals surface area contributed by atoms with Crippen LogP contribution < -0.4 is 5.32 Å². The van der Waals surface area contributed by atoms with Gasteiger partial charge < -0.3 is 10.4 Å². The molecule has 1 atom stereocenters. The summed E-state index contributed by atoms with van der Waals surface area (Å²) in [6, 6.07) is 5.59. The van der Waals surface area contributed by atoms with E-state index in [0.29, 0.717) is 12.6 Å². The maximum atomic E-state index is 10.8. The summed E-state index contributed by atoms with van der Waals surface area (Å²) in [6.45, 7) is 2.82. The van der Waals surface area contributed by atoms with Crippen LogP contribution in [0.5, 0.6) is 0 Å². The summed E-state index contributed by atoms with van der Waals surface area (Å²) in [6.07, 6.45) is 3.94. The second-order valence-electron chi connectivity index (χ2n) is 4.68. The molecule has 1 aromatic heterocycles. The molecule has 1 fully saturated rings. The molecular weight excluding hydrogens is 216 g/mol. The standard InChI is InChI=1S/C13H18N2O2/c1-9(10-4-2-5-10)14-8-11-6-3-7-12(15-11)13(16)17/h3,6-7,9-10,14H,2,4-5,8H2,1H3,(H,16,17). The third-order valence-corrected chi connectivity index (χ3v) is 3.49. The van der Waals surface area contributed by atoms with E-state index in [0.717, 1.165) is 11.6 Å². The summed E-state index contributed by atoms with van der Waals surface area (Å²) in [5, 5.41) is 12.3. The molecule has 0 amide bonds. The number of aromatic carboxylic acids is 1. The number of hydrogen-bond acceptors (Lipinski definition) is 3. The van der Waals surface area contributed by atoms with Gasteiger partial charge in [0.05, 0.1) is 5.69 Å². The van der Waals surface area contributed by atoms with Crippen LogP contribution in [0.2, 0.25) is 0 Å². The summed E-state index contributed by atoms with van der Waals surface area (Å²) < 4.78 is 0. The molecule has 4 heteroatoms. The van der Waals surface area contributed by atoms with Crippen LogP contribution in [0.1, 0.15) is 42.4 Å². The molecule has 0 aromatic carbocycles. The molecule has 1 aliphatic carbocycles. The highest BCUT2D eigenvalue weighted by atomic mass is 16.4.